The number of esters is 1. The van der Waals surface area contributed by atoms with Crippen molar-refractivity contribution in [3.63, 3.8) is 0 Å². The molecule has 0 unspecified atom stereocenters. The van der Waals surface area contributed by atoms with Crippen LogP contribution in [0.3, 0.4) is 0 Å². The molecule has 0 aliphatic carbocycles. The minimum absolute atomic E-state index is 0.0378. The van der Waals surface area contributed by atoms with Crippen LogP contribution in [0.1, 0.15) is 52.0 Å². The van der Waals surface area contributed by atoms with Crippen LogP contribution in [0.2, 0.25) is 0 Å². The molecule has 0 fully saturated rings. The molecule has 0 saturated carbocycles. The molecule has 0 saturated heterocycles. The number of carbonyl (C=O) groups is 2. The maximum absolute atomic E-state index is 12.8. The molecular weight excluding hydrogens is 426 g/mol. The number of ether oxygens (including phenoxy) is 1. The standard InChI is InChI=1S/C24H25N3O4S/c1-5-27(6-2)18-9-8-16(20(28)11-18)10-17(13-25)21(29)12-22-19(14-26)15(4)23(32-22)24(30)31-7-3/h8-11,28H,5-7,12H2,1-4H3/b17-10+. The smallest absolute Gasteiger partial charge is 0.348 e. The van der Waals surface area contributed by atoms with E-state index in [2.05, 4.69) is 4.90 Å². The minimum atomic E-state index is -0.542. The third-order valence-electron chi connectivity index (χ3n) is 4.98. The summed E-state index contributed by atoms with van der Waals surface area (Å²) >= 11 is 1.03. The van der Waals surface area contributed by atoms with Gasteiger partial charge in [0.05, 0.1) is 17.7 Å². The predicted molar refractivity (Wildman–Crippen MR) is 124 cm³/mol. The number of aromatic hydroxyl groups is 1. The number of phenolic OH excluding ortho intramolecular Hbond substituents is 1. The summed E-state index contributed by atoms with van der Waals surface area (Å²) in [5.74, 6) is -1.09. The van der Waals surface area contributed by atoms with Gasteiger partial charge in [0.1, 0.15) is 22.8 Å². The van der Waals surface area contributed by atoms with Crippen LogP contribution >= 0.6 is 11.3 Å². The largest absolute Gasteiger partial charge is 0.507 e. The van der Waals surface area contributed by atoms with Crippen LogP contribution in [-0.4, -0.2) is 36.6 Å². The molecule has 0 bridgehead atoms. The molecule has 0 amide bonds. The molecule has 2 rings (SSSR count). The van der Waals surface area contributed by atoms with Crippen LogP contribution in [-0.2, 0) is 16.0 Å². The van der Waals surface area contributed by atoms with Gasteiger partial charge in [-0.3, -0.25) is 4.79 Å². The molecule has 2 aromatic rings. The number of nitrogens with zero attached hydrogens (tertiary/aromatic N) is 3. The van der Waals surface area contributed by atoms with Gasteiger partial charge in [0.2, 0.25) is 0 Å². The van der Waals surface area contributed by atoms with E-state index in [1.165, 1.54) is 6.08 Å². The first-order valence-electron chi connectivity index (χ1n) is 10.2. The second kappa shape index (κ2) is 11.1. The lowest BCUT2D eigenvalue weighted by Crippen LogP contribution is -2.21. The number of nitriles is 2. The summed E-state index contributed by atoms with van der Waals surface area (Å²) in [6.07, 6.45) is 1.13. The molecule has 7 nitrogen and oxygen atoms in total. The Morgan fingerprint density at radius 2 is 1.91 bits per heavy atom. The lowest BCUT2D eigenvalue weighted by atomic mass is 10.0. The zero-order valence-corrected chi connectivity index (χ0v) is 19.4. The molecule has 32 heavy (non-hydrogen) atoms. The van der Waals surface area contributed by atoms with Crippen LogP contribution in [0.25, 0.3) is 6.08 Å². The molecule has 0 aliphatic rings. The second-order valence-electron chi connectivity index (χ2n) is 6.87. The predicted octanol–water partition coefficient (Wildman–Crippen LogP) is 4.38. The molecule has 1 N–H and O–H groups in total. The van der Waals surface area contributed by atoms with E-state index in [1.54, 1.807) is 26.0 Å². The maximum atomic E-state index is 12.8. The van der Waals surface area contributed by atoms with Crippen molar-refractivity contribution in [2.45, 2.75) is 34.1 Å². The number of anilines is 1. The molecule has 8 heteroatoms. The van der Waals surface area contributed by atoms with Gasteiger partial charge >= 0.3 is 5.97 Å². The number of allylic oxidation sites excluding steroid dienone is 1. The molecular formula is C24H25N3O4S. The molecule has 0 atom stereocenters. The van der Waals surface area contributed by atoms with Gasteiger partial charge in [-0.15, -0.1) is 11.3 Å². The van der Waals surface area contributed by atoms with Gasteiger partial charge in [0.15, 0.2) is 5.78 Å². The highest BCUT2D eigenvalue weighted by Crippen LogP contribution is 2.30. The fourth-order valence-electron chi connectivity index (χ4n) is 3.25. The third kappa shape index (κ3) is 5.35. The summed E-state index contributed by atoms with van der Waals surface area (Å²) < 4.78 is 5.01. The van der Waals surface area contributed by atoms with Crippen LogP contribution in [0.15, 0.2) is 23.8 Å². The highest BCUT2D eigenvalue weighted by Gasteiger charge is 2.23. The SMILES string of the molecule is CCOC(=O)c1sc(CC(=O)/C(C#N)=C/c2ccc(N(CC)CC)cc2O)c(C#N)c1C. The fraction of sp³-hybridized carbons (Fsp3) is 0.333. The Morgan fingerprint density at radius 3 is 2.44 bits per heavy atom. The number of Topliss-reactive ketones (excluding diaryl/α,β-unsaturated/α-hetero) is 1. The Kier molecular flexibility index (Phi) is 8.57. The van der Waals surface area contributed by atoms with Crippen LogP contribution < -0.4 is 4.90 Å². The van der Waals surface area contributed by atoms with Crippen molar-refractivity contribution in [2.24, 2.45) is 0 Å². The van der Waals surface area contributed by atoms with E-state index in [1.807, 2.05) is 32.1 Å². The quantitative estimate of drug-likeness (QED) is 0.342. The van der Waals surface area contributed by atoms with Crippen LogP contribution in [0.4, 0.5) is 5.69 Å². The van der Waals surface area contributed by atoms with Crippen molar-refractivity contribution < 1.29 is 19.4 Å². The van der Waals surface area contributed by atoms with Crippen molar-refractivity contribution in [1.29, 1.82) is 10.5 Å². The van der Waals surface area contributed by atoms with E-state index in [9.17, 15) is 25.2 Å². The highest BCUT2D eigenvalue weighted by atomic mass is 32.1. The number of hydrogen-bond acceptors (Lipinski definition) is 8. The Bertz CT molecular complexity index is 1130. The van der Waals surface area contributed by atoms with Gasteiger partial charge < -0.3 is 14.7 Å². The van der Waals surface area contributed by atoms with Gasteiger partial charge in [0, 0.05) is 41.7 Å². The zero-order valence-electron chi connectivity index (χ0n) is 18.6. The average molecular weight is 452 g/mol. The second-order valence-corrected chi connectivity index (χ2v) is 7.98. The molecule has 1 aromatic heterocycles. The summed E-state index contributed by atoms with van der Waals surface area (Å²) in [6, 6.07) is 8.99. The highest BCUT2D eigenvalue weighted by molar-refractivity contribution is 7.14. The summed E-state index contributed by atoms with van der Waals surface area (Å²) in [7, 11) is 0. The van der Waals surface area contributed by atoms with E-state index in [0.717, 1.165) is 30.1 Å². The molecule has 1 heterocycles. The lowest BCUT2D eigenvalue weighted by molar-refractivity contribution is -0.114. The van der Waals surface area contributed by atoms with Gasteiger partial charge in [-0.05, 0) is 51.5 Å². The van der Waals surface area contributed by atoms with Crippen molar-refractivity contribution in [3.05, 3.63) is 50.2 Å². The monoisotopic (exact) mass is 451 g/mol. The summed E-state index contributed by atoms with van der Waals surface area (Å²) in [6.45, 7) is 9.09. The number of rotatable bonds is 9. The normalized spacial score (nSPS) is 10.9. The van der Waals surface area contributed by atoms with E-state index in [-0.39, 0.29) is 34.8 Å². The Hall–Kier alpha value is -3.62. The van der Waals surface area contributed by atoms with E-state index in [4.69, 9.17) is 4.74 Å². The molecule has 0 aliphatic heterocycles. The minimum Gasteiger partial charge on any atom is -0.507 e. The van der Waals surface area contributed by atoms with E-state index >= 15 is 0 Å². The van der Waals surface area contributed by atoms with Gasteiger partial charge in [0.25, 0.3) is 0 Å². The number of carbonyl (C=O) groups excluding carboxylic acids is 2. The first-order chi connectivity index (χ1) is 15.3. The third-order valence-corrected chi connectivity index (χ3v) is 6.25. The number of phenols is 1. The lowest BCUT2D eigenvalue weighted by Gasteiger charge is -2.21. The zero-order chi connectivity index (χ0) is 23.8. The van der Waals surface area contributed by atoms with Crippen LogP contribution in [0, 0.1) is 29.6 Å². The number of ketones is 1. The number of hydrogen-bond donors (Lipinski definition) is 1. The molecule has 1 aromatic carbocycles. The number of benzene rings is 1. The first-order valence-corrected chi connectivity index (χ1v) is 11.0. The Balaban J connectivity index is 2.34. The topological polar surface area (TPSA) is 114 Å². The van der Waals surface area contributed by atoms with Crippen LogP contribution in [0.5, 0.6) is 5.75 Å². The van der Waals surface area contributed by atoms with Crippen molar-refractivity contribution in [2.75, 3.05) is 24.6 Å². The summed E-state index contributed by atoms with van der Waals surface area (Å²) in [5.41, 5.74) is 1.75. The Morgan fingerprint density at radius 1 is 1.22 bits per heavy atom. The van der Waals surface area contributed by atoms with Gasteiger partial charge in [-0.2, -0.15) is 10.5 Å². The number of thiophene rings is 1. The van der Waals surface area contributed by atoms with Crippen molar-refractivity contribution in [3.8, 4) is 17.9 Å². The fourth-order valence-corrected chi connectivity index (χ4v) is 4.39. The Labute approximate surface area is 191 Å². The first kappa shape index (κ1) is 24.6. The van der Waals surface area contributed by atoms with E-state index < -0.39 is 11.8 Å². The van der Waals surface area contributed by atoms with Crippen molar-refractivity contribution >= 4 is 34.9 Å². The van der Waals surface area contributed by atoms with Gasteiger partial charge in [-0.25, -0.2) is 4.79 Å². The van der Waals surface area contributed by atoms with Crippen molar-refractivity contribution in [1.82, 2.24) is 0 Å². The molecule has 0 spiro atoms. The summed E-state index contributed by atoms with van der Waals surface area (Å²) in [4.78, 5) is 27.7. The average Bonchev–Trinajstić information content (AvgIpc) is 3.09. The van der Waals surface area contributed by atoms with E-state index in [0.29, 0.717) is 16.0 Å². The maximum Gasteiger partial charge on any atom is 0.348 e. The molecule has 0 radical (unpaired) electrons. The summed E-state index contributed by atoms with van der Waals surface area (Å²) in [5, 5.41) is 29.4. The van der Waals surface area contributed by atoms with Gasteiger partial charge in [-0.1, -0.05) is 0 Å². The molecule has 166 valence electrons.